The van der Waals surface area contributed by atoms with Gasteiger partial charge in [-0.25, -0.2) is 4.98 Å². The number of H-pyrrole nitrogens is 1. The summed E-state index contributed by atoms with van der Waals surface area (Å²) in [6.07, 6.45) is 5.03. The van der Waals surface area contributed by atoms with E-state index in [1.165, 1.54) is 11.3 Å². The molecule has 0 aliphatic heterocycles. The SMILES string of the molecule is O=C(N=c1sc(CO)cn1-c1ccccc1Cl)c1ccnc2[nH]ccc12. The Labute approximate surface area is 157 Å². The van der Waals surface area contributed by atoms with Gasteiger partial charge in [0.05, 0.1) is 27.8 Å². The van der Waals surface area contributed by atoms with Crippen molar-refractivity contribution >= 4 is 39.9 Å². The Hall–Kier alpha value is -2.74. The van der Waals surface area contributed by atoms with E-state index in [1.807, 2.05) is 18.2 Å². The second kappa shape index (κ2) is 6.87. The fourth-order valence-electron chi connectivity index (χ4n) is 2.66. The molecule has 4 aromatic rings. The third kappa shape index (κ3) is 2.96. The van der Waals surface area contributed by atoms with E-state index >= 15 is 0 Å². The minimum atomic E-state index is -0.385. The highest BCUT2D eigenvalue weighted by molar-refractivity contribution is 7.09. The average molecular weight is 385 g/mol. The van der Waals surface area contributed by atoms with Crippen LogP contribution in [0.25, 0.3) is 16.7 Å². The Morgan fingerprint density at radius 2 is 2.15 bits per heavy atom. The molecule has 0 fully saturated rings. The second-order valence-electron chi connectivity index (χ2n) is 5.47. The lowest BCUT2D eigenvalue weighted by Gasteiger charge is -2.05. The van der Waals surface area contributed by atoms with Gasteiger partial charge in [-0.1, -0.05) is 35.1 Å². The number of halogens is 1. The van der Waals surface area contributed by atoms with Gasteiger partial charge in [0.2, 0.25) is 0 Å². The van der Waals surface area contributed by atoms with Gasteiger partial charge in [0.25, 0.3) is 5.91 Å². The van der Waals surface area contributed by atoms with Crippen LogP contribution in [0, 0.1) is 0 Å². The number of carbonyl (C=O) groups is 1. The molecular formula is C18H13ClN4O2S. The van der Waals surface area contributed by atoms with Crippen LogP contribution < -0.4 is 4.80 Å². The van der Waals surface area contributed by atoms with Gasteiger partial charge in [-0.3, -0.25) is 9.36 Å². The van der Waals surface area contributed by atoms with Crippen molar-refractivity contribution in [2.75, 3.05) is 0 Å². The largest absolute Gasteiger partial charge is 0.391 e. The minimum absolute atomic E-state index is 0.143. The maximum absolute atomic E-state index is 12.8. The number of aliphatic hydroxyl groups is 1. The predicted octanol–water partition coefficient (Wildman–Crippen LogP) is 3.30. The highest BCUT2D eigenvalue weighted by Crippen LogP contribution is 2.21. The zero-order valence-corrected chi connectivity index (χ0v) is 15.0. The topological polar surface area (TPSA) is 83.3 Å². The van der Waals surface area contributed by atoms with E-state index in [2.05, 4.69) is 15.0 Å². The number of para-hydroxylation sites is 1. The van der Waals surface area contributed by atoms with Gasteiger partial charge >= 0.3 is 0 Å². The number of carbonyl (C=O) groups excluding carboxylic acids is 1. The van der Waals surface area contributed by atoms with Crippen LogP contribution >= 0.6 is 22.9 Å². The molecule has 1 amide bonds. The van der Waals surface area contributed by atoms with Crippen molar-refractivity contribution in [1.29, 1.82) is 0 Å². The molecule has 0 radical (unpaired) electrons. The molecule has 4 rings (SSSR count). The fourth-order valence-corrected chi connectivity index (χ4v) is 3.72. The van der Waals surface area contributed by atoms with Crippen LogP contribution in [0.5, 0.6) is 0 Å². The second-order valence-corrected chi connectivity index (χ2v) is 6.98. The van der Waals surface area contributed by atoms with E-state index in [4.69, 9.17) is 11.6 Å². The summed E-state index contributed by atoms with van der Waals surface area (Å²) in [6, 6.07) is 10.7. The highest BCUT2D eigenvalue weighted by atomic mass is 35.5. The number of aromatic nitrogens is 3. The van der Waals surface area contributed by atoms with E-state index in [-0.39, 0.29) is 12.5 Å². The van der Waals surface area contributed by atoms with Crippen LogP contribution in [0.3, 0.4) is 0 Å². The van der Waals surface area contributed by atoms with Gasteiger partial charge in [-0.05, 0) is 24.3 Å². The molecule has 0 saturated heterocycles. The molecule has 0 bridgehead atoms. The first-order valence-electron chi connectivity index (χ1n) is 7.75. The van der Waals surface area contributed by atoms with E-state index in [0.29, 0.717) is 37.0 Å². The molecule has 0 unspecified atom stereocenters. The van der Waals surface area contributed by atoms with Crippen molar-refractivity contribution in [3.8, 4) is 5.69 Å². The van der Waals surface area contributed by atoms with Gasteiger partial charge in [0.15, 0.2) is 4.80 Å². The standard InChI is InChI=1S/C18H13ClN4O2S/c19-14-3-1-2-4-15(14)23-9-11(10-24)26-18(23)22-17(25)13-6-8-21-16-12(13)5-7-20-16/h1-9,24H,10H2,(H,20,21). The van der Waals surface area contributed by atoms with Crippen LogP contribution in [0.4, 0.5) is 0 Å². The first-order chi connectivity index (χ1) is 12.7. The molecule has 3 aromatic heterocycles. The smallest absolute Gasteiger partial charge is 0.280 e. The molecule has 26 heavy (non-hydrogen) atoms. The number of nitrogens with zero attached hydrogens (tertiary/aromatic N) is 3. The van der Waals surface area contributed by atoms with Gasteiger partial charge in [0.1, 0.15) is 5.65 Å². The fraction of sp³-hybridized carbons (Fsp3) is 0.0556. The monoisotopic (exact) mass is 384 g/mol. The number of benzene rings is 1. The summed E-state index contributed by atoms with van der Waals surface area (Å²) in [7, 11) is 0. The van der Waals surface area contributed by atoms with Crippen molar-refractivity contribution in [3.63, 3.8) is 0 Å². The van der Waals surface area contributed by atoms with E-state index in [1.54, 1.807) is 41.4 Å². The lowest BCUT2D eigenvalue weighted by Crippen LogP contribution is -2.15. The number of aliphatic hydroxyl groups excluding tert-OH is 1. The molecule has 1 aromatic carbocycles. The molecule has 6 nitrogen and oxygen atoms in total. The third-order valence-corrected chi connectivity index (χ3v) is 5.14. The number of rotatable bonds is 3. The molecule has 0 spiro atoms. The Kier molecular flexibility index (Phi) is 4.42. The molecule has 2 N–H and O–H groups in total. The third-order valence-electron chi connectivity index (χ3n) is 3.86. The number of hydrogen-bond acceptors (Lipinski definition) is 4. The summed E-state index contributed by atoms with van der Waals surface area (Å²) >= 11 is 7.52. The summed E-state index contributed by atoms with van der Waals surface area (Å²) in [5.74, 6) is -0.385. The first kappa shape index (κ1) is 16.7. The zero-order chi connectivity index (χ0) is 18.1. The molecule has 0 saturated carbocycles. The first-order valence-corrected chi connectivity index (χ1v) is 8.95. The maximum Gasteiger partial charge on any atom is 0.280 e. The summed E-state index contributed by atoms with van der Waals surface area (Å²) < 4.78 is 1.71. The van der Waals surface area contributed by atoms with Crippen molar-refractivity contribution in [2.45, 2.75) is 6.61 Å². The van der Waals surface area contributed by atoms with E-state index in [9.17, 15) is 9.90 Å². The number of thiazole rings is 1. The highest BCUT2D eigenvalue weighted by Gasteiger charge is 2.13. The molecular weight excluding hydrogens is 372 g/mol. The minimum Gasteiger partial charge on any atom is -0.391 e. The zero-order valence-electron chi connectivity index (χ0n) is 13.4. The normalized spacial score (nSPS) is 12.0. The van der Waals surface area contributed by atoms with Crippen LogP contribution in [0.15, 0.2) is 60.0 Å². The van der Waals surface area contributed by atoms with Crippen molar-refractivity contribution in [1.82, 2.24) is 14.5 Å². The summed E-state index contributed by atoms with van der Waals surface area (Å²) in [5, 5.41) is 10.7. The number of nitrogens with one attached hydrogen (secondary N) is 1. The molecule has 0 aliphatic carbocycles. The predicted molar refractivity (Wildman–Crippen MR) is 101 cm³/mol. The van der Waals surface area contributed by atoms with Crippen molar-refractivity contribution in [3.05, 3.63) is 75.3 Å². The van der Waals surface area contributed by atoms with E-state index < -0.39 is 0 Å². The Bertz CT molecular complexity index is 1180. The maximum atomic E-state index is 12.8. The van der Waals surface area contributed by atoms with Crippen LogP contribution in [0.1, 0.15) is 15.2 Å². The van der Waals surface area contributed by atoms with Crippen molar-refractivity contribution in [2.24, 2.45) is 4.99 Å². The summed E-state index contributed by atoms with van der Waals surface area (Å²) in [5.41, 5.74) is 1.78. The van der Waals surface area contributed by atoms with Gasteiger partial charge in [0, 0.05) is 24.0 Å². The van der Waals surface area contributed by atoms with Crippen LogP contribution in [-0.4, -0.2) is 25.5 Å². The number of amides is 1. The average Bonchev–Trinajstić information content (AvgIpc) is 3.28. The number of fused-ring (bicyclic) bond motifs is 1. The summed E-state index contributed by atoms with van der Waals surface area (Å²) in [4.78, 5) is 25.3. The molecule has 130 valence electrons. The number of aromatic amines is 1. The van der Waals surface area contributed by atoms with Gasteiger partial charge < -0.3 is 10.1 Å². The molecule has 0 aliphatic rings. The quantitative estimate of drug-likeness (QED) is 0.568. The van der Waals surface area contributed by atoms with Crippen LogP contribution in [0.2, 0.25) is 5.02 Å². The number of hydrogen-bond donors (Lipinski definition) is 2. The summed E-state index contributed by atoms with van der Waals surface area (Å²) in [6.45, 7) is -0.143. The Balaban J connectivity index is 1.87. The number of pyridine rings is 1. The lowest BCUT2D eigenvalue weighted by atomic mass is 10.2. The lowest BCUT2D eigenvalue weighted by molar-refractivity contribution is 0.0999. The molecule has 3 heterocycles. The van der Waals surface area contributed by atoms with E-state index in [0.717, 1.165) is 0 Å². The van der Waals surface area contributed by atoms with Gasteiger partial charge in [-0.2, -0.15) is 4.99 Å². The molecule has 0 atom stereocenters. The Morgan fingerprint density at radius 1 is 1.31 bits per heavy atom. The molecule has 8 heteroatoms. The Morgan fingerprint density at radius 3 is 2.96 bits per heavy atom. The van der Waals surface area contributed by atoms with Crippen molar-refractivity contribution < 1.29 is 9.90 Å². The van der Waals surface area contributed by atoms with Gasteiger partial charge in [-0.15, -0.1) is 0 Å². The van der Waals surface area contributed by atoms with Crippen LogP contribution in [-0.2, 0) is 6.61 Å².